The molecular weight excluding hydrogens is 440 g/mol. The lowest BCUT2D eigenvalue weighted by Gasteiger charge is -2.06. The number of amides is 1. The predicted octanol–water partition coefficient (Wildman–Crippen LogP) is 2.73. The molecule has 0 atom stereocenters. The number of nitrogens with two attached hydrogens (primary N) is 1. The number of aryl methyl sites for hydroxylation is 1. The lowest BCUT2D eigenvalue weighted by molar-refractivity contribution is 0.0958. The van der Waals surface area contributed by atoms with Gasteiger partial charge in [-0.25, -0.2) is 10.4 Å². The fourth-order valence-corrected chi connectivity index (χ4v) is 3.43. The first kappa shape index (κ1) is 16.7. The van der Waals surface area contributed by atoms with Gasteiger partial charge in [0, 0.05) is 5.56 Å². The summed E-state index contributed by atoms with van der Waals surface area (Å²) in [6.45, 7) is 1.67. The number of nitrogen functional groups attached to an aromatic ring is 1. The Kier molecular flexibility index (Phi) is 5.04. The van der Waals surface area contributed by atoms with Crippen LogP contribution in [0, 0.1) is 6.92 Å². The summed E-state index contributed by atoms with van der Waals surface area (Å²) in [6.07, 6.45) is 1.25. The third-order valence-corrected chi connectivity index (χ3v) is 4.93. The van der Waals surface area contributed by atoms with Crippen LogP contribution in [-0.2, 0) is 0 Å². The van der Waals surface area contributed by atoms with E-state index in [0.717, 1.165) is 11.3 Å². The summed E-state index contributed by atoms with van der Waals surface area (Å²) in [6, 6.07) is 1.46. The van der Waals surface area contributed by atoms with Crippen molar-refractivity contribution >= 4 is 60.5 Å². The standard InChI is InChI=1S/C12H10Br2N4O3S/c1-4-10(22-12(15)17-4)11(21)18-16-3-5-2-6(13)9(20)7(14)8(5)19/h2-3,19-20H,1H3,(H2,15,17)(H,18,21)/b16-3-. The highest BCUT2D eigenvalue weighted by molar-refractivity contribution is 9.11. The highest BCUT2D eigenvalue weighted by Gasteiger charge is 2.14. The minimum absolute atomic E-state index is 0.126. The number of halogens is 2. The van der Waals surface area contributed by atoms with E-state index in [9.17, 15) is 15.0 Å². The van der Waals surface area contributed by atoms with Crippen LogP contribution in [0.15, 0.2) is 20.1 Å². The van der Waals surface area contributed by atoms with Gasteiger partial charge in [-0.15, -0.1) is 0 Å². The van der Waals surface area contributed by atoms with Gasteiger partial charge in [0.2, 0.25) is 0 Å². The van der Waals surface area contributed by atoms with Crippen molar-refractivity contribution < 1.29 is 15.0 Å². The normalized spacial score (nSPS) is 11.0. The number of nitrogens with zero attached hydrogens (tertiary/aromatic N) is 2. The molecule has 5 N–H and O–H groups in total. The average molecular weight is 450 g/mol. The molecule has 2 aromatic rings. The molecule has 7 nitrogen and oxygen atoms in total. The van der Waals surface area contributed by atoms with Gasteiger partial charge in [-0.05, 0) is 44.8 Å². The number of anilines is 1. The molecule has 0 bridgehead atoms. The SMILES string of the molecule is Cc1nc(N)sc1C(=O)N/N=C\c1cc(Br)c(O)c(Br)c1O. The van der Waals surface area contributed by atoms with E-state index in [2.05, 4.69) is 47.4 Å². The van der Waals surface area contributed by atoms with Crippen molar-refractivity contribution in [1.82, 2.24) is 10.4 Å². The number of rotatable bonds is 3. The van der Waals surface area contributed by atoms with Gasteiger partial charge in [0.15, 0.2) is 5.13 Å². The maximum absolute atomic E-state index is 11.9. The first-order valence-corrected chi connectivity index (χ1v) is 8.17. The molecule has 0 saturated heterocycles. The van der Waals surface area contributed by atoms with E-state index in [1.165, 1.54) is 12.3 Å². The summed E-state index contributed by atoms with van der Waals surface area (Å²) in [5.41, 5.74) is 8.67. The van der Waals surface area contributed by atoms with E-state index in [0.29, 0.717) is 25.7 Å². The molecule has 1 aromatic carbocycles. The van der Waals surface area contributed by atoms with E-state index < -0.39 is 5.91 Å². The van der Waals surface area contributed by atoms with Crippen LogP contribution < -0.4 is 11.2 Å². The average Bonchev–Trinajstić information content (AvgIpc) is 2.80. The van der Waals surface area contributed by atoms with E-state index >= 15 is 0 Å². The van der Waals surface area contributed by atoms with Crippen LogP contribution in [-0.4, -0.2) is 27.3 Å². The van der Waals surface area contributed by atoms with Crippen molar-refractivity contribution in [2.45, 2.75) is 6.92 Å². The van der Waals surface area contributed by atoms with Crippen LogP contribution in [0.4, 0.5) is 5.13 Å². The molecule has 116 valence electrons. The molecule has 0 aliphatic rings. The fraction of sp³-hybridized carbons (Fsp3) is 0.0833. The van der Waals surface area contributed by atoms with E-state index in [1.54, 1.807) is 6.92 Å². The number of thiazole rings is 1. The topological polar surface area (TPSA) is 121 Å². The summed E-state index contributed by atoms with van der Waals surface area (Å²) in [4.78, 5) is 16.2. The maximum Gasteiger partial charge on any atom is 0.283 e. The molecule has 10 heteroatoms. The first-order chi connectivity index (χ1) is 10.3. The van der Waals surface area contributed by atoms with Crippen LogP contribution >= 0.6 is 43.2 Å². The number of hydrogen-bond donors (Lipinski definition) is 4. The summed E-state index contributed by atoms with van der Waals surface area (Å²) < 4.78 is 0.497. The molecule has 22 heavy (non-hydrogen) atoms. The quantitative estimate of drug-likeness (QED) is 0.424. The highest BCUT2D eigenvalue weighted by Crippen LogP contribution is 2.40. The molecule has 1 aromatic heterocycles. The third-order valence-electron chi connectivity index (χ3n) is 2.59. The van der Waals surface area contributed by atoms with Crippen molar-refractivity contribution in [3.05, 3.63) is 31.1 Å². The molecule has 1 amide bonds. The first-order valence-electron chi connectivity index (χ1n) is 5.77. The number of phenolic OH excluding ortho intramolecular Hbond substituents is 2. The largest absolute Gasteiger partial charge is 0.506 e. The minimum atomic E-state index is -0.445. The second-order valence-electron chi connectivity index (χ2n) is 4.12. The Morgan fingerprint density at radius 1 is 1.45 bits per heavy atom. The van der Waals surface area contributed by atoms with Crippen molar-refractivity contribution in [3.63, 3.8) is 0 Å². The Labute approximate surface area is 146 Å². The van der Waals surface area contributed by atoms with Crippen molar-refractivity contribution in [2.75, 3.05) is 5.73 Å². The van der Waals surface area contributed by atoms with Gasteiger partial charge in [0.1, 0.15) is 20.8 Å². The van der Waals surface area contributed by atoms with Gasteiger partial charge in [-0.2, -0.15) is 5.10 Å². The van der Waals surface area contributed by atoms with Gasteiger partial charge in [0.05, 0.1) is 16.4 Å². The molecule has 1 heterocycles. The fourth-order valence-electron chi connectivity index (χ4n) is 1.55. The van der Waals surface area contributed by atoms with Crippen molar-refractivity contribution in [2.24, 2.45) is 5.10 Å². The zero-order chi connectivity index (χ0) is 16.4. The Balaban J connectivity index is 2.17. The highest BCUT2D eigenvalue weighted by atomic mass is 79.9. The molecule has 0 aliphatic carbocycles. The van der Waals surface area contributed by atoms with Crippen LogP contribution in [0.3, 0.4) is 0 Å². The molecule has 2 rings (SSSR count). The minimum Gasteiger partial charge on any atom is -0.506 e. The number of hydrogen-bond acceptors (Lipinski definition) is 7. The second-order valence-corrected chi connectivity index (χ2v) is 6.80. The van der Waals surface area contributed by atoms with Gasteiger partial charge in [-0.3, -0.25) is 4.79 Å². The number of carbonyl (C=O) groups excluding carboxylic acids is 1. The second kappa shape index (κ2) is 6.63. The van der Waals surface area contributed by atoms with Gasteiger partial charge in [-0.1, -0.05) is 11.3 Å². The lowest BCUT2D eigenvalue weighted by Crippen LogP contribution is -2.17. The predicted molar refractivity (Wildman–Crippen MR) is 91.5 cm³/mol. The van der Waals surface area contributed by atoms with Gasteiger partial charge < -0.3 is 15.9 Å². The molecule has 0 radical (unpaired) electrons. The van der Waals surface area contributed by atoms with Crippen LogP contribution in [0.5, 0.6) is 11.5 Å². The number of nitrogens with one attached hydrogen (secondary N) is 1. The number of benzene rings is 1. The summed E-state index contributed by atoms with van der Waals surface area (Å²) in [5, 5.41) is 23.6. The monoisotopic (exact) mass is 448 g/mol. The number of aromatic nitrogens is 1. The smallest absolute Gasteiger partial charge is 0.283 e. The lowest BCUT2D eigenvalue weighted by atomic mass is 10.2. The van der Waals surface area contributed by atoms with Crippen LogP contribution in [0.2, 0.25) is 0 Å². The van der Waals surface area contributed by atoms with Gasteiger partial charge in [0.25, 0.3) is 5.91 Å². The third kappa shape index (κ3) is 3.39. The number of aromatic hydroxyl groups is 2. The Morgan fingerprint density at radius 2 is 2.14 bits per heavy atom. The van der Waals surface area contributed by atoms with Crippen molar-refractivity contribution in [1.29, 1.82) is 0 Å². The number of hydrazone groups is 1. The summed E-state index contributed by atoms with van der Waals surface area (Å²) in [7, 11) is 0. The zero-order valence-corrected chi connectivity index (χ0v) is 15.1. The summed E-state index contributed by atoms with van der Waals surface area (Å²) >= 11 is 7.25. The molecular formula is C12H10Br2N4O3S. The Bertz CT molecular complexity index is 776. The van der Waals surface area contributed by atoms with Crippen LogP contribution in [0.1, 0.15) is 20.9 Å². The molecule has 0 fully saturated rings. The van der Waals surface area contributed by atoms with Crippen LogP contribution in [0.25, 0.3) is 0 Å². The maximum atomic E-state index is 11.9. The van der Waals surface area contributed by atoms with E-state index in [1.807, 2.05) is 0 Å². The zero-order valence-electron chi connectivity index (χ0n) is 11.1. The molecule has 0 aliphatic heterocycles. The number of phenols is 2. The summed E-state index contributed by atoms with van der Waals surface area (Å²) in [5.74, 6) is -0.772. The van der Waals surface area contributed by atoms with E-state index in [-0.39, 0.29) is 16.0 Å². The Morgan fingerprint density at radius 3 is 2.73 bits per heavy atom. The molecule has 0 unspecified atom stereocenters. The Hall–Kier alpha value is -1.65. The van der Waals surface area contributed by atoms with Crippen molar-refractivity contribution in [3.8, 4) is 11.5 Å². The molecule has 0 spiro atoms. The number of carbonyl (C=O) groups is 1. The van der Waals surface area contributed by atoms with Gasteiger partial charge >= 0.3 is 0 Å². The molecule has 0 saturated carbocycles. The van der Waals surface area contributed by atoms with E-state index in [4.69, 9.17) is 5.73 Å².